The second-order valence-electron chi connectivity index (χ2n) is 5.21. The second kappa shape index (κ2) is 6.31. The Bertz CT molecular complexity index is 732. The number of pyridine rings is 1. The molecule has 0 N–H and O–H groups in total. The van der Waals surface area contributed by atoms with Crippen LogP contribution < -0.4 is 21.7 Å². The molecule has 110 valence electrons. The number of fused-ring (bicyclic) bond motifs is 1. The molecular formula is C17H18BrN2O-. The molecule has 3 aromatic rings. The predicted molar refractivity (Wildman–Crippen MR) is 81.1 cm³/mol. The molecule has 0 unspecified atom stereocenters. The van der Waals surface area contributed by atoms with Crippen LogP contribution in [-0.4, -0.2) is 15.5 Å². The zero-order valence-corrected chi connectivity index (χ0v) is 14.0. The van der Waals surface area contributed by atoms with E-state index in [1.165, 1.54) is 5.69 Å². The molecule has 0 radical (unpaired) electrons. The van der Waals surface area contributed by atoms with Gasteiger partial charge in [0.15, 0.2) is 0 Å². The summed E-state index contributed by atoms with van der Waals surface area (Å²) >= 11 is 0. The summed E-state index contributed by atoms with van der Waals surface area (Å²) in [5.41, 5.74) is 4.24. The van der Waals surface area contributed by atoms with Crippen molar-refractivity contribution in [3.63, 3.8) is 0 Å². The Hall–Kier alpha value is -1.81. The highest BCUT2D eigenvalue weighted by molar-refractivity contribution is 5.63. The molecule has 0 saturated carbocycles. The van der Waals surface area contributed by atoms with Gasteiger partial charge < -0.3 is 26.1 Å². The van der Waals surface area contributed by atoms with Crippen LogP contribution in [0.25, 0.3) is 16.9 Å². The van der Waals surface area contributed by atoms with Gasteiger partial charge in [-0.1, -0.05) is 6.07 Å². The summed E-state index contributed by atoms with van der Waals surface area (Å²) in [4.78, 5) is 4.66. The molecule has 1 aromatic carbocycles. The van der Waals surface area contributed by atoms with Crippen LogP contribution >= 0.6 is 0 Å². The minimum absolute atomic E-state index is 0. The second-order valence-corrected chi connectivity index (χ2v) is 5.21. The fourth-order valence-electron chi connectivity index (χ4n) is 2.26. The Kier molecular flexibility index (Phi) is 4.68. The first kappa shape index (κ1) is 15.6. The third-order valence-corrected chi connectivity index (χ3v) is 3.22. The van der Waals surface area contributed by atoms with Crippen LogP contribution in [0.5, 0.6) is 5.75 Å². The average molecular weight is 346 g/mol. The summed E-state index contributed by atoms with van der Waals surface area (Å²) in [6.45, 7) is 6.13. The highest BCUT2D eigenvalue weighted by Gasteiger charge is 2.06. The van der Waals surface area contributed by atoms with Gasteiger partial charge in [0.25, 0.3) is 0 Å². The summed E-state index contributed by atoms with van der Waals surface area (Å²) in [5, 5.41) is 0. The Morgan fingerprint density at radius 3 is 2.38 bits per heavy atom. The van der Waals surface area contributed by atoms with Crippen molar-refractivity contribution in [1.29, 1.82) is 0 Å². The third-order valence-electron chi connectivity index (χ3n) is 3.22. The van der Waals surface area contributed by atoms with E-state index in [2.05, 4.69) is 40.7 Å². The fraction of sp³-hybridized carbons (Fsp3) is 0.235. The van der Waals surface area contributed by atoms with E-state index in [0.29, 0.717) is 0 Å². The monoisotopic (exact) mass is 345 g/mol. The zero-order chi connectivity index (χ0) is 14.1. The standard InChI is InChI=1S/C17H18N2O.BrH/c1-12(2)20-15-9-7-14(8-10-15)16-11-19-13(3)5-4-6-17(19)18-16;/h4-12H,1-3H3;1H/p-1. The number of halogens is 1. The van der Waals surface area contributed by atoms with Crippen LogP contribution in [0, 0.1) is 6.92 Å². The Morgan fingerprint density at radius 1 is 1.05 bits per heavy atom. The molecule has 0 fully saturated rings. The molecule has 0 amide bonds. The molecular weight excluding hydrogens is 328 g/mol. The number of hydrogen-bond donors (Lipinski definition) is 0. The summed E-state index contributed by atoms with van der Waals surface area (Å²) in [7, 11) is 0. The van der Waals surface area contributed by atoms with Crippen molar-refractivity contribution in [3.8, 4) is 17.0 Å². The topological polar surface area (TPSA) is 26.5 Å². The van der Waals surface area contributed by atoms with Crippen LogP contribution in [0.4, 0.5) is 0 Å². The molecule has 0 aliphatic rings. The van der Waals surface area contributed by atoms with Crippen molar-refractivity contribution in [2.24, 2.45) is 0 Å². The lowest BCUT2D eigenvalue weighted by atomic mass is 10.1. The number of nitrogens with zero attached hydrogens (tertiary/aromatic N) is 2. The van der Waals surface area contributed by atoms with E-state index in [0.717, 1.165) is 22.7 Å². The largest absolute Gasteiger partial charge is 1.00 e. The number of benzene rings is 1. The lowest BCUT2D eigenvalue weighted by Gasteiger charge is -2.09. The molecule has 0 bridgehead atoms. The molecule has 0 aliphatic carbocycles. The van der Waals surface area contributed by atoms with Gasteiger partial charge in [-0.05, 0) is 57.2 Å². The molecule has 4 heteroatoms. The number of rotatable bonds is 3. The lowest BCUT2D eigenvalue weighted by Crippen LogP contribution is -3.00. The third kappa shape index (κ3) is 3.27. The molecule has 2 heterocycles. The molecule has 0 atom stereocenters. The van der Waals surface area contributed by atoms with Crippen molar-refractivity contribution in [2.75, 3.05) is 0 Å². The maximum absolute atomic E-state index is 5.66. The Balaban J connectivity index is 0.00000161. The van der Waals surface area contributed by atoms with E-state index in [1.54, 1.807) is 0 Å². The number of aryl methyl sites for hydroxylation is 1. The Labute approximate surface area is 135 Å². The summed E-state index contributed by atoms with van der Waals surface area (Å²) in [6.07, 6.45) is 2.27. The molecule has 3 nitrogen and oxygen atoms in total. The zero-order valence-electron chi connectivity index (χ0n) is 12.4. The lowest BCUT2D eigenvalue weighted by molar-refractivity contribution is -0.00000552. The smallest absolute Gasteiger partial charge is 0.137 e. The minimum atomic E-state index is 0. The van der Waals surface area contributed by atoms with E-state index < -0.39 is 0 Å². The number of imidazole rings is 1. The van der Waals surface area contributed by atoms with Crippen LogP contribution in [-0.2, 0) is 0 Å². The SMILES string of the molecule is Cc1cccc2nc(-c3ccc(OC(C)C)cc3)cn12.[Br-]. The van der Waals surface area contributed by atoms with Crippen LogP contribution in [0.1, 0.15) is 19.5 Å². The molecule has 0 spiro atoms. The Morgan fingerprint density at radius 2 is 1.76 bits per heavy atom. The fourth-order valence-corrected chi connectivity index (χ4v) is 2.26. The number of aromatic nitrogens is 2. The van der Waals surface area contributed by atoms with E-state index in [4.69, 9.17) is 4.74 Å². The molecule has 0 saturated heterocycles. The number of hydrogen-bond acceptors (Lipinski definition) is 2. The van der Waals surface area contributed by atoms with Crippen molar-refractivity contribution in [2.45, 2.75) is 26.9 Å². The highest BCUT2D eigenvalue weighted by Crippen LogP contribution is 2.23. The van der Waals surface area contributed by atoms with Crippen molar-refractivity contribution in [1.82, 2.24) is 9.38 Å². The van der Waals surface area contributed by atoms with Gasteiger partial charge in [-0.3, -0.25) is 0 Å². The highest BCUT2D eigenvalue weighted by atomic mass is 79.9. The van der Waals surface area contributed by atoms with Crippen LogP contribution in [0.3, 0.4) is 0 Å². The molecule has 0 aliphatic heterocycles. The van der Waals surface area contributed by atoms with Gasteiger partial charge in [-0.25, -0.2) is 4.98 Å². The first-order valence-electron chi connectivity index (χ1n) is 6.85. The summed E-state index contributed by atoms with van der Waals surface area (Å²) < 4.78 is 7.76. The quantitative estimate of drug-likeness (QED) is 0.710. The van der Waals surface area contributed by atoms with Crippen LogP contribution in [0.15, 0.2) is 48.7 Å². The van der Waals surface area contributed by atoms with Gasteiger partial charge >= 0.3 is 0 Å². The molecule has 2 aromatic heterocycles. The first-order chi connectivity index (χ1) is 9.63. The average Bonchev–Trinajstić information content (AvgIpc) is 2.84. The van der Waals surface area contributed by atoms with Gasteiger partial charge in [0, 0.05) is 17.5 Å². The van der Waals surface area contributed by atoms with Gasteiger partial charge in [0.1, 0.15) is 11.4 Å². The first-order valence-corrected chi connectivity index (χ1v) is 6.85. The maximum Gasteiger partial charge on any atom is 0.137 e. The maximum atomic E-state index is 5.66. The normalized spacial score (nSPS) is 10.7. The van der Waals surface area contributed by atoms with Crippen molar-refractivity contribution in [3.05, 3.63) is 54.4 Å². The predicted octanol–water partition coefficient (Wildman–Crippen LogP) is 1.10. The van der Waals surface area contributed by atoms with Gasteiger partial charge in [0.2, 0.25) is 0 Å². The van der Waals surface area contributed by atoms with Crippen LogP contribution in [0.2, 0.25) is 0 Å². The molecule has 21 heavy (non-hydrogen) atoms. The van der Waals surface area contributed by atoms with Gasteiger partial charge in [0.05, 0.1) is 11.8 Å². The number of ether oxygens (including phenoxy) is 1. The molecule has 3 rings (SSSR count). The van der Waals surface area contributed by atoms with E-state index in [1.807, 2.05) is 38.1 Å². The van der Waals surface area contributed by atoms with E-state index >= 15 is 0 Å². The van der Waals surface area contributed by atoms with Gasteiger partial charge in [-0.15, -0.1) is 0 Å². The van der Waals surface area contributed by atoms with E-state index in [-0.39, 0.29) is 23.1 Å². The van der Waals surface area contributed by atoms with Gasteiger partial charge in [-0.2, -0.15) is 0 Å². The minimum Gasteiger partial charge on any atom is -1.00 e. The summed E-state index contributed by atoms with van der Waals surface area (Å²) in [5.74, 6) is 0.892. The van der Waals surface area contributed by atoms with E-state index in [9.17, 15) is 0 Å². The van der Waals surface area contributed by atoms with Crippen molar-refractivity contribution >= 4 is 5.65 Å². The summed E-state index contributed by atoms with van der Waals surface area (Å²) in [6, 6.07) is 14.2. The van der Waals surface area contributed by atoms with Crippen molar-refractivity contribution < 1.29 is 21.7 Å².